The second kappa shape index (κ2) is 5.98. The van der Waals surface area contributed by atoms with Gasteiger partial charge in [0.15, 0.2) is 0 Å². The Morgan fingerprint density at radius 3 is 2.50 bits per heavy atom. The van der Waals surface area contributed by atoms with Gasteiger partial charge in [-0.15, -0.1) is 0 Å². The minimum atomic E-state index is 0.608. The largest absolute Gasteiger partial charge is 0.439 e. The molecule has 0 saturated carbocycles. The van der Waals surface area contributed by atoms with E-state index in [4.69, 9.17) is 4.74 Å². The topological polar surface area (TPSA) is 34.1 Å². The van der Waals surface area contributed by atoms with Crippen LogP contribution in [0, 0.1) is 6.92 Å². The van der Waals surface area contributed by atoms with Crippen molar-refractivity contribution >= 4 is 15.9 Å². The van der Waals surface area contributed by atoms with Crippen molar-refractivity contribution in [3.8, 4) is 11.6 Å². The molecule has 1 aromatic heterocycles. The first-order valence-electron chi connectivity index (χ1n) is 5.73. The number of ether oxygens (including phenoxy) is 1. The van der Waals surface area contributed by atoms with E-state index in [0.29, 0.717) is 5.88 Å². The fraction of sp³-hybridized carbons (Fsp3) is 0.214. The van der Waals surface area contributed by atoms with Gasteiger partial charge in [-0.3, -0.25) is 0 Å². The van der Waals surface area contributed by atoms with E-state index >= 15 is 0 Å². The average Bonchev–Trinajstić information content (AvgIpc) is 2.37. The molecule has 2 aromatic rings. The lowest BCUT2D eigenvalue weighted by Crippen LogP contribution is -2.04. The monoisotopic (exact) mass is 306 g/mol. The standard InChI is InChI=1S/C14H15BrN2O/c1-10-13(15)7-8-14(17-10)18-12-5-3-11(4-6-12)9-16-2/h3-8,16H,9H2,1-2H3. The van der Waals surface area contributed by atoms with E-state index in [1.165, 1.54) is 5.56 Å². The fourth-order valence-electron chi connectivity index (χ4n) is 1.58. The summed E-state index contributed by atoms with van der Waals surface area (Å²) < 4.78 is 6.68. The van der Waals surface area contributed by atoms with Crippen LogP contribution < -0.4 is 10.1 Å². The van der Waals surface area contributed by atoms with Crippen LogP contribution in [0.25, 0.3) is 0 Å². The average molecular weight is 307 g/mol. The van der Waals surface area contributed by atoms with Gasteiger partial charge in [0.2, 0.25) is 5.88 Å². The van der Waals surface area contributed by atoms with E-state index in [1.54, 1.807) is 0 Å². The van der Waals surface area contributed by atoms with E-state index in [-0.39, 0.29) is 0 Å². The Balaban J connectivity index is 2.10. The molecule has 1 heterocycles. The molecule has 2 rings (SSSR count). The highest BCUT2D eigenvalue weighted by molar-refractivity contribution is 9.10. The number of aryl methyl sites for hydroxylation is 1. The van der Waals surface area contributed by atoms with E-state index in [1.807, 2.05) is 50.4 Å². The second-order valence-corrected chi connectivity index (χ2v) is 4.85. The van der Waals surface area contributed by atoms with Crippen LogP contribution in [0.15, 0.2) is 40.9 Å². The zero-order chi connectivity index (χ0) is 13.0. The van der Waals surface area contributed by atoms with Crippen molar-refractivity contribution < 1.29 is 4.74 Å². The van der Waals surface area contributed by atoms with Crippen LogP contribution in [0.4, 0.5) is 0 Å². The highest BCUT2D eigenvalue weighted by Crippen LogP contribution is 2.23. The molecule has 1 N–H and O–H groups in total. The number of hydrogen-bond acceptors (Lipinski definition) is 3. The van der Waals surface area contributed by atoms with Crippen molar-refractivity contribution in [3.63, 3.8) is 0 Å². The third-order valence-corrected chi connectivity index (χ3v) is 3.36. The maximum Gasteiger partial charge on any atom is 0.219 e. The Bertz CT molecular complexity index is 526. The quantitative estimate of drug-likeness (QED) is 0.936. The van der Waals surface area contributed by atoms with E-state index in [2.05, 4.69) is 26.2 Å². The lowest BCUT2D eigenvalue weighted by atomic mass is 10.2. The highest BCUT2D eigenvalue weighted by atomic mass is 79.9. The van der Waals surface area contributed by atoms with Crippen molar-refractivity contribution in [3.05, 3.63) is 52.1 Å². The lowest BCUT2D eigenvalue weighted by molar-refractivity contribution is 0.461. The van der Waals surface area contributed by atoms with E-state index in [9.17, 15) is 0 Å². The van der Waals surface area contributed by atoms with Crippen LogP contribution >= 0.6 is 15.9 Å². The Labute approximate surface area is 115 Å². The fourth-order valence-corrected chi connectivity index (χ4v) is 1.80. The third-order valence-electron chi connectivity index (χ3n) is 2.52. The zero-order valence-electron chi connectivity index (χ0n) is 10.4. The van der Waals surface area contributed by atoms with Gasteiger partial charge in [0, 0.05) is 17.1 Å². The summed E-state index contributed by atoms with van der Waals surface area (Å²) in [5, 5.41) is 3.11. The number of hydrogen-bond donors (Lipinski definition) is 1. The third kappa shape index (κ3) is 3.31. The first-order chi connectivity index (χ1) is 8.69. The molecule has 3 nitrogen and oxygen atoms in total. The smallest absolute Gasteiger partial charge is 0.219 e. The van der Waals surface area contributed by atoms with Gasteiger partial charge in [0.25, 0.3) is 0 Å². The molecule has 0 saturated heterocycles. The van der Waals surface area contributed by atoms with Gasteiger partial charge in [-0.25, -0.2) is 4.98 Å². The van der Waals surface area contributed by atoms with Crippen LogP contribution in [0.1, 0.15) is 11.3 Å². The number of halogens is 1. The summed E-state index contributed by atoms with van der Waals surface area (Å²) in [5.41, 5.74) is 2.14. The molecule has 0 atom stereocenters. The Hall–Kier alpha value is -1.39. The molecule has 0 amide bonds. The summed E-state index contributed by atoms with van der Waals surface area (Å²) in [6.07, 6.45) is 0. The molecule has 0 aliphatic heterocycles. The Morgan fingerprint density at radius 2 is 1.89 bits per heavy atom. The van der Waals surface area contributed by atoms with Crippen LogP contribution in [0.5, 0.6) is 11.6 Å². The summed E-state index contributed by atoms with van der Waals surface area (Å²) in [6.45, 7) is 2.79. The first-order valence-corrected chi connectivity index (χ1v) is 6.53. The molecule has 0 fully saturated rings. The second-order valence-electron chi connectivity index (χ2n) is 3.99. The molecule has 0 spiro atoms. The van der Waals surface area contributed by atoms with Gasteiger partial charge in [0.1, 0.15) is 5.75 Å². The van der Waals surface area contributed by atoms with Gasteiger partial charge in [-0.2, -0.15) is 0 Å². The van der Waals surface area contributed by atoms with Crippen molar-refractivity contribution in [1.82, 2.24) is 10.3 Å². The normalized spacial score (nSPS) is 10.4. The summed E-state index contributed by atoms with van der Waals surface area (Å²) >= 11 is 3.42. The molecule has 94 valence electrons. The first kappa shape index (κ1) is 13.1. The number of rotatable bonds is 4. The number of aromatic nitrogens is 1. The van der Waals surface area contributed by atoms with Gasteiger partial charge < -0.3 is 10.1 Å². The van der Waals surface area contributed by atoms with Gasteiger partial charge in [-0.05, 0) is 53.7 Å². The molecule has 0 aliphatic rings. The van der Waals surface area contributed by atoms with Gasteiger partial charge >= 0.3 is 0 Å². The van der Waals surface area contributed by atoms with Gasteiger partial charge in [-0.1, -0.05) is 12.1 Å². The highest BCUT2D eigenvalue weighted by Gasteiger charge is 2.02. The van der Waals surface area contributed by atoms with Crippen LogP contribution in [0.3, 0.4) is 0 Å². The van der Waals surface area contributed by atoms with Crippen molar-refractivity contribution in [2.45, 2.75) is 13.5 Å². The molecular weight excluding hydrogens is 292 g/mol. The van der Waals surface area contributed by atoms with Crippen molar-refractivity contribution in [2.75, 3.05) is 7.05 Å². The number of pyridine rings is 1. The minimum Gasteiger partial charge on any atom is -0.439 e. The van der Waals surface area contributed by atoms with Crippen LogP contribution in [-0.2, 0) is 6.54 Å². The zero-order valence-corrected chi connectivity index (χ0v) is 12.0. The molecule has 0 unspecified atom stereocenters. The van der Waals surface area contributed by atoms with Crippen LogP contribution in [-0.4, -0.2) is 12.0 Å². The molecule has 0 bridgehead atoms. The molecule has 1 aromatic carbocycles. The molecular formula is C14H15BrN2O. The number of benzene rings is 1. The maximum atomic E-state index is 5.69. The summed E-state index contributed by atoms with van der Waals surface area (Å²) in [6, 6.07) is 11.8. The van der Waals surface area contributed by atoms with Crippen LogP contribution in [0.2, 0.25) is 0 Å². The molecule has 18 heavy (non-hydrogen) atoms. The van der Waals surface area contributed by atoms with Gasteiger partial charge in [0.05, 0.1) is 5.69 Å². The molecule has 4 heteroatoms. The lowest BCUT2D eigenvalue weighted by Gasteiger charge is -2.07. The van der Waals surface area contributed by atoms with E-state index < -0.39 is 0 Å². The predicted octanol–water partition coefficient (Wildman–Crippen LogP) is 3.66. The summed E-state index contributed by atoms with van der Waals surface area (Å²) in [5.74, 6) is 1.40. The summed E-state index contributed by atoms with van der Waals surface area (Å²) in [4.78, 5) is 4.35. The minimum absolute atomic E-state index is 0.608. The van der Waals surface area contributed by atoms with E-state index in [0.717, 1.165) is 22.5 Å². The Morgan fingerprint density at radius 1 is 1.17 bits per heavy atom. The number of nitrogens with one attached hydrogen (secondary N) is 1. The molecule has 0 radical (unpaired) electrons. The van der Waals surface area contributed by atoms with Crippen molar-refractivity contribution in [1.29, 1.82) is 0 Å². The number of nitrogens with zero attached hydrogens (tertiary/aromatic N) is 1. The SMILES string of the molecule is CNCc1ccc(Oc2ccc(Br)c(C)n2)cc1. The Kier molecular flexibility index (Phi) is 4.33. The summed E-state index contributed by atoms with van der Waals surface area (Å²) in [7, 11) is 1.93. The predicted molar refractivity (Wildman–Crippen MR) is 76.0 cm³/mol. The maximum absolute atomic E-state index is 5.69. The molecule has 0 aliphatic carbocycles. The van der Waals surface area contributed by atoms with Crippen molar-refractivity contribution in [2.24, 2.45) is 0 Å².